The molecule has 33 heavy (non-hydrogen) atoms. The van der Waals surface area contributed by atoms with Crippen LogP contribution in [0.5, 0.6) is 5.75 Å². The lowest BCUT2D eigenvalue weighted by atomic mass is 9.87. The average molecular weight is 465 g/mol. The molecule has 2 aromatic rings. The van der Waals surface area contributed by atoms with Crippen LogP contribution in [-0.2, 0) is 23.9 Å². The number of hydrogen-bond donors (Lipinski definition) is 1. The Morgan fingerprint density at radius 2 is 2.00 bits per heavy atom. The highest BCUT2D eigenvalue weighted by Gasteiger charge is 2.33. The van der Waals surface area contributed by atoms with Crippen molar-refractivity contribution >= 4 is 5.91 Å². The SMILES string of the molecule is O=C1COc2ccc(F)cc2CCCC[C@@H]2CN(Cc3ccc(C(F)(F)F)nc3)CC[C@@H]2N1. The van der Waals surface area contributed by atoms with Gasteiger partial charge in [0, 0.05) is 31.9 Å². The quantitative estimate of drug-likeness (QED) is 0.670. The van der Waals surface area contributed by atoms with Gasteiger partial charge in [-0.15, -0.1) is 0 Å². The minimum Gasteiger partial charge on any atom is -0.483 e. The zero-order valence-corrected chi connectivity index (χ0v) is 18.2. The second-order valence-corrected chi connectivity index (χ2v) is 8.79. The number of ether oxygens (including phenoxy) is 1. The summed E-state index contributed by atoms with van der Waals surface area (Å²) in [6.45, 7) is 1.85. The third-order valence-corrected chi connectivity index (χ3v) is 6.34. The van der Waals surface area contributed by atoms with E-state index in [0.29, 0.717) is 18.7 Å². The van der Waals surface area contributed by atoms with Crippen LogP contribution in [0, 0.1) is 11.7 Å². The van der Waals surface area contributed by atoms with Crippen molar-refractivity contribution < 1.29 is 27.1 Å². The molecule has 9 heteroatoms. The maximum Gasteiger partial charge on any atom is 0.433 e. The number of alkyl halides is 3. The molecule has 1 aromatic heterocycles. The van der Waals surface area contributed by atoms with Crippen LogP contribution in [0.15, 0.2) is 36.5 Å². The highest BCUT2D eigenvalue weighted by atomic mass is 19.4. The summed E-state index contributed by atoms with van der Waals surface area (Å²) in [4.78, 5) is 18.2. The summed E-state index contributed by atoms with van der Waals surface area (Å²) in [7, 11) is 0. The molecule has 1 fully saturated rings. The van der Waals surface area contributed by atoms with Crippen molar-refractivity contribution in [3.8, 4) is 5.75 Å². The third-order valence-electron chi connectivity index (χ3n) is 6.34. The van der Waals surface area contributed by atoms with Crippen molar-refractivity contribution in [2.75, 3.05) is 19.7 Å². The van der Waals surface area contributed by atoms with E-state index in [1.165, 1.54) is 24.4 Å². The van der Waals surface area contributed by atoms with Gasteiger partial charge in [0.25, 0.3) is 5.91 Å². The van der Waals surface area contributed by atoms with Crippen LogP contribution >= 0.6 is 0 Å². The normalized spacial score (nSPS) is 22.7. The van der Waals surface area contributed by atoms with E-state index in [-0.39, 0.29) is 30.3 Å². The largest absolute Gasteiger partial charge is 0.483 e. The number of aryl methyl sites for hydroxylation is 1. The van der Waals surface area contributed by atoms with Gasteiger partial charge in [0.1, 0.15) is 17.3 Å². The minimum atomic E-state index is -4.45. The van der Waals surface area contributed by atoms with Gasteiger partial charge in [-0.3, -0.25) is 14.7 Å². The van der Waals surface area contributed by atoms with Crippen LogP contribution in [-0.4, -0.2) is 41.5 Å². The highest BCUT2D eigenvalue weighted by Crippen LogP contribution is 2.29. The van der Waals surface area contributed by atoms with Crippen molar-refractivity contribution in [2.24, 2.45) is 5.92 Å². The Bertz CT molecular complexity index is 965. The first kappa shape index (κ1) is 23.5. The summed E-state index contributed by atoms with van der Waals surface area (Å²) < 4.78 is 57.6. The van der Waals surface area contributed by atoms with Crippen LogP contribution in [0.2, 0.25) is 0 Å². The smallest absolute Gasteiger partial charge is 0.433 e. The van der Waals surface area contributed by atoms with Crippen LogP contribution < -0.4 is 10.1 Å². The van der Waals surface area contributed by atoms with E-state index in [0.717, 1.165) is 56.0 Å². The number of carbonyl (C=O) groups excluding carboxylic acids is 1. The molecular formula is C24H27F4N3O2. The molecular weight excluding hydrogens is 438 g/mol. The number of hydrogen-bond acceptors (Lipinski definition) is 4. The molecule has 3 heterocycles. The number of fused-ring (bicyclic) bond motifs is 2. The first-order valence-corrected chi connectivity index (χ1v) is 11.2. The van der Waals surface area contributed by atoms with E-state index in [2.05, 4.69) is 15.2 Å². The molecule has 0 radical (unpaired) electrons. The van der Waals surface area contributed by atoms with E-state index in [1.807, 2.05) is 0 Å². The standard InChI is InChI=1S/C24H27F4N3O2/c25-19-6-7-21-17(11-19)3-1-2-4-18-14-31(10-9-20(18)30-23(32)15-33-21)13-16-5-8-22(29-12-16)24(26,27)28/h5-8,11-12,18,20H,1-4,9-10,13-15H2,(H,30,32)/t18-,20+/m1/s1. The molecule has 0 bridgehead atoms. The molecule has 0 unspecified atom stereocenters. The van der Waals surface area contributed by atoms with Crippen LogP contribution in [0.1, 0.15) is 42.5 Å². The van der Waals surface area contributed by atoms with Crippen LogP contribution in [0.3, 0.4) is 0 Å². The van der Waals surface area contributed by atoms with Gasteiger partial charge in [0.05, 0.1) is 0 Å². The number of nitrogens with zero attached hydrogens (tertiary/aromatic N) is 2. The fourth-order valence-electron chi connectivity index (χ4n) is 4.68. The monoisotopic (exact) mass is 465 g/mol. The molecule has 178 valence electrons. The second-order valence-electron chi connectivity index (χ2n) is 8.79. The zero-order chi connectivity index (χ0) is 23.4. The summed E-state index contributed by atoms with van der Waals surface area (Å²) in [6, 6.07) is 6.87. The van der Waals surface area contributed by atoms with Crippen molar-refractivity contribution in [1.29, 1.82) is 0 Å². The van der Waals surface area contributed by atoms with Gasteiger partial charge < -0.3 is 10.1 Å². The lowest BCUT2D eigenvalue weighted by molar-refractivity contribution is -0.141. The predicted octanol–water partition coefficient (Wildman–Crippen LogP) is 4.35. The Kier molecular flexibility index (Phi) is 7.17. The summed E-state index contributed by atoms with van der Waals surface area (Å²) in [5, 5.41) is 3.09. The number of piperidine rings is 1. The maximum absolute atomic E-state index is 13.7. The average Bonchev–Trinajstić information content (AvgIpc) is 2.76. The third kappa shape index (κ3) is 6.22. The summed E-state index contributed by atoms with van der Waals surface area (Å²) in [6.07, 6.45) is 0.963. The summed E-state index contributed by atoms with van der Waals surface area (Å²) >= 11 is 0. The maximum atomic E-state index is 13.7. The summed E-state index contributed by atoms with van der Waals surface area (Å²) in [5.41, 5.74) is 0.598. The topological polar surface area (TPSA) is 54.5 Å². The van der Waals surface area contributed by atoms with Crippen molar-refractivity contribution in [2.45, 2.75) is 50.9 Å². The number of aromatic nitrogens is 1. The number of nitrogens with one attached hydrogen (secondary N) is 1. The molecule has 2 aliphatic rings. The van der Waals surface area contributed by atoms with Gasteiger partial charge in [-0.2, -0.15) is 13.2 Å². The molecule has 1 aromatic carbocycles. The molecule has 4 rings (SSSR count). The van der Waals surface area contributed by atoms with Gasteiger partial charge in [-0.25, -0.2) is 4.39 Å². The Labute approximate surface area is 190 Å². The number of likely N-dealkylation sites (tertiary alicyclic amines) is 1. The van der Waals surface area contributed by atoms with Crippen molar-refractivity contribution in [3.05, 3.63) is 59.2 Å². The minimum absolute atomic E-state index is 0.0233. The summed E-state index contributed by atoms with van der Waals surface area (Å²) in [5.74, 6) is 0.232. The second kappa shape index (κ2) is 10.1. The number of rotatable bonds is 2. The number of amides is 1. The Balaban J connectivity index is 1.40. The number of pyridine rings is 1. The molecule has 1 saturated heterocycles. The molecule has 0 aliphatic carbocycles. The van der Waals surface area contributed by atoms with Gasteiger partial charge in [-0.1, -0.05) is 12.5 Å². The number of halogens is 4. The van der Waals surface area contributed by atoms with E-state index in [4.69, 9.17) is 4.74 Å². The van der Waals surface area contributed by atoms with E-state index >= 15 is 0 Å². The van der Waals surface area contributed by atoms with E-state index < -0.39 is 11.9 Å². The van der Waals surface area contributed by atoms with Crippen LogP contribution in [0.4, 0.5) is 17.6 Å². The number of benzene rings is 1. The van der Waals surface area contributed by atoms with Crippen molar-refractivity contribution in [1.82, 2.24) is 15.2 Å². The highest BCUT2D eigenvalue weighted by molar-refractivity contribution is 5.78. The first-order chi connectivity index (χ1) is 15.8. The molecule has 5 nitrogen and oxygen atoms in total. The Morgan fingerprint density at radius 3 is 2.76 bits per heavy atom. The molecule has 1 N–H and O–H groups in total. The molecule has 0 saturated carbocycles. The lowest BCUT2D eigenvalue weighted by Crippen LogP contribution is -2.51. The van der Waals surface area contributed by atoms with Crippen molar-refractivity contribution in [3.63, 3.8) is 0 Å². The molecule has 0 spiro atoms. The van der Waals surface area contributed by atoms with Gasteiger partial charge in [0.2, 0.25) is 0 Å². The molecule has 1 amide bonds. The zero-order valence-electron chi connectivity index (χ0n) is 18.2. The number of carbonyl (C=O) groups is 1. The fourth-order valence-corrected chi connectivity index (χ4v) is 4.68. The van der Waals surface area contributed by atoms with Gasteiger partial charge >= 0.3 is 6.18 Å². The molecule has 2 atom stereocenters. The predicted molar refractivity (Wildman–Crippen MR) is 114 cm³/mol. The first-order valence-electron chi connectivity index (χ1n) is 11.2. The molecule has 2 aliphatic heterocycles. The fraction of sp³-hybridized carbons (Fsp3) is 0.500. The van der Waals surface area contributed by atoms with Gasteiger partial charge in [-0.05, 0) is 67.0 Å². The Morgan fingerprint density at radius 1 is 1.15 bits per heavy atom. The lowest BCUT2D eigenvalue weighted by Gasteiger charge is -2.39. The Hall–Kier alpha value is -2.68. The van der Waals surface area contributed by atoms with E-state index in [9.17, 15) is 22.4 Å². The van der Waals surface area contributed by atoms with Crippen LogP contribution in [0.25, 0.3) is 0 Å². The van der Waals surface area contributed by atoms with Gasteiger partial charge in [0.15, 0.2) is 6.61 Å². The van der Waals surface area contributed by atoms with E-state index in [1.54, 1.807) is 6.07 Å².